The van der Waals surface area contributed by atoms with E-state index >= 15 is 0 Å². The average molecular weight is 465 g/mol. The number of amidine groups is 1. The summed E-state index contributed by atoms with van der Waals surface area (Å²) in [6.45, 7) is 0.197. The summed E-state index contributed by atoms with van der Waals surface area (Å²) in [7, 11) is 4.89. The molecule has 2 aromatic carbocycles. The minimum Gasteiger partial charge on any atom is -0.493 e. The first kappa shape index (κ1) is 20.4. The van der Waals surface area contributed by atoms with Crippen molar-refractivity contribution >= 4 is 44.8 Å². The molecule has 28 heavy (non-hydrogen) atoms. The number of hydrogen-bond donors (Lipinski definition) is 0. The van der Waals surface area contributed by atoms with Gasteiger partial charge in [-0.2, -0.15) is 0 Å². The first-order valence-corrected chi connectivity index (χ1v) is 9.93. The number of benzene rings is 2. The molecule has 0 bridgehead atoms. The summed E-state index contributed by atoms with van der Waals surface area (Å²) in [5.41, 5.74) is 1.49. The lowest BCUT2D eigenvalue weighted by molar-refractivity contribution is -0.121. The molecule has 1 fully saturated rings. The molecule has 2 aromatic rings. The molecule has 0 unspecified atom stereocenters. The van der Waals surface area contributed by atoms with Crippen molar-refractivity contribution in [2.75, 3.05) is 21.2 Å². The smallest absolute Gasteiger partial charge is 0.266 e. The van der Waals surface area contributed by atoms with Crippen molar-refractivity contribution in [3.05, 3.63) is 62.7 Å². The highest BCUT2D eigenvalue weighted by atomic mass is 79.9. The van der Waals surface area contributed by atoms with E-state index in [0.717, 1.165) is 5.56 Å². The van der Waals surface area contributed by atoms with E-state index in [1.807, 2.05) is 6.07 Å². The number of thioether (sulfide) groups is 1. The molecule has 0 spiro atoms. The molecule has 3 rings (SSSR count). The average Bonchev–Trinajstić information content (AvgIpc) is 2.94. The third kappa shape index (κ3) is 4.39. The Morgan fingerprint density at radius 2 is 2.11 bits per heavy atom. The fourth-order valence-corrected chi connectivity index (χ4v) is 4.15. The van der Waals surface area contributed by atoms with Crippen LogP contribution in [0.5, 0.6) is 11.5 Å². The maximum atomic E-state index is 13.3. The van der Waals surface area contributed by atoms with Gasteiger partial charge in [0.1, 0.15) is 12.4 Å². The van der Waals surface area contributed by atoms with E-state index in [0.29, 0.717) is 31.6 Å². The third-order valence-corrected chi connectivity index (χ3v) is 5.76. The van der Waals surface area contributed by atoms with E-state index in [-0.39, 0.29) is 18.3 Å². The Kier molecular flexibility index (Phi) is 6.41. The van der Waals surface area contributed by atoms with Crippen molar-refractivity contribution in [1.82, 2.24) is 4.90 Å². The zero-order valence-electron chi connectivity index (χ0n) is 15.5. The number of rotatable bonds is 5. The summed E-state index contributed by atoms with van der Waals surface area (Å²) in [5, 5.41) is 0.650. The van der Waals surface area contributed by atoms with Gasteiger partial charge in [-0.1, -0.05) is 12.1 Å². The summed E-state index contributed by atoms with van der Waals surface area (Å²) >= 11 is 4.81. The Balaban J connectivity index is 1.86. The van der Waals surface area contributed by atoms with E-state index in [1.165, 1.54) is 28.8 Å². The van der Waals surface area contributed by atoms with E-state index in [2.05, 4.69) is 20.9 Å². The molecular weight excluding hydrogens is 447 g/mol. The lowest BCUT2D eigenvalue weighted by atomic mass is 10.1. The van der Waals surface area contributed by atoms with Gasteiger partial charge in [-0.3, -0.25) is 14.7 Å². The molecule has 1 aliphatic heterocycles. The normalized spacial score (nSPS) is 16.9. The van der Waals surface area contributed by atoms with Crippen LogP contribution in [0.1, 0.15) is 11.1 Å². The lowest BCUT2D eigenvalue weighted by Crippen LogP contribution is -2.23. The fraction of sp³-hybridized carbons (Fsp3) is 0.200. The third-order valence-electron chi connectivity index (χ3n) is 4.02. The predicted octanol–water partition coefficient (Wildman–Crippen LogP) is 4.71. The van der Waals surface area contributed by atoms with Gasteiger partial charge in [0.25, 0.3) is 5.91 Å². The SMILES string of the molecule is CN=C1S/C(=C/c2cc(Br)c(OCc3cccc(F)c3)c(OC)c2)C(=O)N1C. The number of carbonyl (C=O) groups is 1. The number of hydrogen-bond acceptors (Lipinski definition) is 5. The highest BCUT2D eigenvalue weighted by Crippen LogP contribution is 2.39. The van der Waals surface area contributed by atoms with Crippen LogP contribution < -0.4 is 9.47 Å². The Morgan fingerprint density at radius 1 is 1.32 bits per heavy atom. The van der Waals surface area contributed by atoms with Crippen LogP contribution in [0.2, 0.25) is 0 Å². The second-order valence-electron chi connectivity index (χ2n) is 5.93. The number of amides is 1. The second kappa shape index (κ2) is 8.79. The van der Waals surface area contributed by atoms with Gasteiger partial charge in [0.05, 0.1) is 16.5 Å². The number of nitrogens with zero attached hydrogens (tertiary/aromatic N) is 2. The second-order valence-corrected chi connectivity index (χ2v) is 7.80. The van der Waals surface area contributed by atoms with E-state index in [9.17, 15) is 9.18 Å². The molecule has 0 aromatic heterocycles. The summed E-state index contributed by atoms with van der Waals surface area (Å²) < 4.78 is 25.3. The molecule has 0 atom stereocenters. The molecule has 1 heterocycles. The fourth-order valence-electron chi connectivity index (χ4n) is 2.65. The molecule has 0 N–H and O–H groups in total. The highest BCUT2D eigenvalue weighted by molar-refractivity contribution is 9.10. The quantitative estimate of drug-likeness (QED) is 0.601. The van der Waals surface area contributed by atoms with Crippen LogP contribution in [0.25, 0.3) is 6.08 Å². The summed E-state index contributed by atoms with van der Waals surface area (Å²) in [5.74, 6) is 0.595. The van der Waals surface area contributed by atoms with Crippen LogP contribution in [0, 0.1) is 5.82 Å². The van der Waals surface area contributed by atoms with Gasteiger partial charge in [0, 0.05) is 14.1 Å². The Bertz CT molecular complexity index is 978. The van der Waals surface area contributed by atoms with Gasteiger partial charge in [0.15, 0.2) is 16.7 Å². The molecule has 8 heteroatoms. The maximum absolute atomic E-state index is 13.3. The molecule has 0 saturated carbocycles. The number of ether oxygens (including phenoxy) is 2. The molecule has 146 valence electrons. The topological polar surface area (TPSA) is 51.1 Å². The lowest BCUT2D eigenvalue weighted by Gasteiger charge is -2.14. The molecular formula is C20H18BrFN2O3S. The van der Waals surface area contributed by atoms with Gasteiger partial charge in [-0.25, -0.2) is 4.39 Å². The molecule has 0 aliphatic carbocycles. The molecule has 5 nitrogen and oxygen atoms in total. The van der Waals surface area contributed by atoms with Crippen LogP contribution in [0.3, 0.4) is 0 Å². The van der Waals surface area contributed by atoms with Crippen molar-refractivity contribution in [2.45, 2.75) is 6.61 Å². The Hall–Kier alpha value is -2.32. The molecule has 1 saturated heterocycles. The summed E-state index contributed by atoms with van der Waals surface area (Å²) in [6.07, 6.45) is 1.78. The first-order valence-electron chi connectivity index (χ1n) is 8.32. The largest absolute Gasteiger partial charge is 0.493 e. The van der Waals surface area contributed by atoms with Crippen LogP contribution in [0.4, 0.5) is 4.39 Å². The van der Waals surface area contributed by atoms with Gasteiger partial charge >= 0.3 is 0 Å². The number of halogens is 2. The van der Waals surface area contributed by atoms with Gasteiger partial charge < -0.3 is 9.47 Å². The van der Waals surface area contributed by atoms with E-state index in [4.69, 9.17) is 9.47 Å². The van der Waals surface area contributed by atoms with Gasteiger partial charge in [-0.15, -0.1) is 0 Å². The van der Waals surface area contributed by atoms with Crippen molar-refractivity contribution in [1.29, 1.82) is 0 Å². The summed E-state index contributed by atoms with van der Waals surface area (Å²) in [4.78, 5) is 18.5. The zero-order valence-corrected chi connectivity index (χ0v) is 17.9. The Morgan fingerprint density at radius 3 is 2.75 bits per heavy atom. The number of carbonyl (C=O) groups excluding carboxylic acids is 1. The number of likely N-dealkylation sites (N-methyl/N-ethyl adjacent to an activating group) is 1. The van der Waals surface area contributed by atoms with Crippen LogP contribution >= 0.6 is 27.7 Å². The first-order chi connectivity index (χ1) is 13.4. The van der Waals surface area contributed by atoms with Crippen LogP contribution in [-0.4, -0.2) is 37.2 Å². The van der Waals surface area contributed by atoms with Gasteiger partial charge in [0.2, 0.25) is 0 Å². The minimum absolute atomic E-state index is 0.105. The Labute approximate surface area is 175 Å². The van der Waals surface area contributed by atoms with Crippen molar-refractivity contribution in [2.24, 2.45) is 4.99 Å². The zero-order chi connectivity index (χ0) is 20.3. The number of aliphatic imine (C=N–C) groups is 1. The predicted molar refractivity (Wildman–Crippen MR) is 113 cm³/mol. The standard InChI is InChI=1S/C20H18BrFN2O3S/c1-23-20-24(2)19(25)17(28-20)10-13-8-15(21)18(16(9-13)26-3)27-11-12-5-4-6-14(22)7-12/h4-10H,11H2,1-3H3/b17-10+,23-20?. The maximum Gasteiger partial charge on any atom is 0.266 e. The van der Waals surface area contributed by atoms with Crippen LogP contribution in [-0.2, 0) is 11.4 Å². The molecule has 1 amide bonds. The van der Waals surface area contributed by atoms with E-state index < -0.39 is 0 Å². The highest BCUT2D eigenvalue weighted by Gasteiger charge is 2.29. The van der Waals surface area contributed by atoms with Gasteiger partial charge in [-0.05, 0) is 69.2 Å². The molecule has 1 aliphatic rings. The van der Waals surface area contributed by atoms with Crippen LogP contribution in [0.15, 0.2) is 50.8 Å². The molecule has 0 radical (unpaired) electrons. The van der Waals surface area contributed by atoms with Crippen molar-refractivity contribution in [3.8, 4) is 11.5 Å². The summed E-state index contributed by atoms with van der Waals surface area (Å²) in [6, 6.07) is 9.85. The monoisotopic (exact) mass is 464 g/mol. The van der Waals surface area contributed by atoms with Crippen molar-refractivity contribution in [3.63, 3.8) is 0 Å². The minimum atomic E-state index is -0.312. The van der Waals surface area contributed by atoms with E-state index in [1.54, 1.807) is 45.5 Å². The van der Waals surface area contributed by atoms with Crippen molar-refractivity contribution < 1.29 is 18.7 Å². The number of methoxy groups -OCH3 is 1.